The third-order valence-electron chi connectivity index (χ3n) is 4.59. The summed E-state index contributed by atoms with van der Waals surface area (Å²) in [7, 11) is 0. The second kappa shape index (κ2) is 6.46. The van der Waals surface area contributed by atoms with Crippen LogP contribution in [0.3, 0.4) is 0 Å². The first-order valence-electron chi connectivity index (χ1n) is 7.87. The minimum Gasteiger partial charge on any atom is -0.369 e. The van der Waals surface area contributed by atoms with Crippen LogP contribution in [0.15, 0.2) is 42.5 Å². The number of rotatable bonds is 4. The second-order valence-corrected chi connectivity index (χ2v) is 6.06. The van der Waals surface area contributed by atoms with Gasteiger partial charge in [-0.3, -0.25) is 14.6 Å². The predicted molar refractivity (Wildman–Crippen MR) is 89.6 cm³/mol. The summed E-state index contributed by atoms with van der Waals surface area (Å²) in [5, 5.41) is 2.57. The van der Waals surface area contributed by atoms with Crippen molar-refractivity contribution in [1.82, 2.24) is 9.80 Å². The van der Waals surface area contributed by atoms with Gasteiger partial charge in [0, 0.05) is 32.2 Å². The number of carbonyl (C=O) groups is 1. The zero-order valence-corrected chi connectivity index (χ0v) is 13.0. The number of fused-ring (bicyclic) bond motifs is 1. The minimum absolute atomic E-state index is 0.240. The summed E-state index contributed by atoms with van der Waals surface area (Å²) in [6.45, 7) is 6.39. The number of benzene rings is 2. The highest BCUT2D eigenvalue weighted by Gasteiger charge is 2.22. The Kier molecular flexibility index (Phi) is 4.41. The van der Waals surface area contributed by atoms with Crippen molar-refractivity contribution in [2.24, 2.45) is 5.73 Å². The molecular formula is C18H23N3O. The first-order chi connectivity index (χ1) is 10.6. The van der Waals surface area contributed by atoms with Crippen LogP contribution in [0.25, 0.3) is 10.8 Å². The van der Waals surface area contributed by atoms with Crippen molar-refractivity contribution in [3.8, 4) is 0 Å². The lowest BCUT2D eigenvalue weighted by Crippen LogP contribution is -2.49. The average Bonchev–Trinajstić information content (AvgIpc) is 2.54. The Bertz CT molecular complexity index is 662. The van der Waals surface area contributed by atoms with Crippen molar-refractivity contribution in [3.63, 3.8) is 0 Å². The van der Waals surface area contributed by atoms with Crippen molar-refractivity contribution in [1.29, 1.82) is 0 Å². The van der Waals surface area contributed by atoms with E-state index in [0.717, 1.165) is 26.2 Å². The summed E-state index contributed by atoms with van der Waals surface area (Å²) in [4.78, 5) is 15.6. The van der Waals surface area contributed by atoms with Gasteiger partial charge >= 0.3 is 0 Å². The van der Waals surface area contributed by atoms with Gasteiger partial charge in [0.2, 0.25) is 5.91 Å². The van der Waals surface area contributed by atoms with Gasteiger partial charge in [-0.25, -0.2) is 0 Å². The fourth-order valence-electron chi connectivity index (χ4n) is 3.21. The maximum absolute atomic E-state index is 11.0. The molecule has 116 valence electrons. The minimum atomic E-state index is -0.240. The van der Waals surface area contributed by atoms with Gasteiger partial charge in [0.1, 0.15) is 0 Å². The molecule has 1 atom stereocenters. The molecule has 1 aliphatic heterocycles. The van der Waals surface area contributed by atoms with Crippen LogP contribution in [-0.4, -0.2) is 48.4 Å². The first kappa shape index (κ1) is 15.0. The Hall–Kier alpha value is -1.91. The highest BCUT2D eigenvalue weighted by Crippen LogP contribution is 2.25. The largest absolute Gasteiger partial charge is 0.369 e. The molecule has 2 N–H and O–H groups in total. The maximum Gasteiger partial charge on any atom is 0.231 e. The van der Waals surface area contributed by atoms with E-state index in [9.17, 15) is 4.79 Å². The zero-order valence-electron chi connectivity index (χ0n) is 13.0. The van der Waals surface area contributed by atoms with Crippen LogP contribution < -0.4 is 5.73 Å². The summed E-state index contributed by atoms with van der Waals surface area (Å²) >= 11 is 0. The van der Waals surface area contributed by atoms with Crippen LogP contribution >= 0.6 is 0 Å². The Morgan fingerprint density at radius 1 is 1.09 bits per heavy atom. The molecule has 0 spiro atoms. The molecule has 1 aliphatic rings. The summed E-state index contributed by atoms with van der Waals surface area (Å²) in [6, 6.07) is 15.6. The molecule has 4 nitrogen and oxygen atoms in total. The molecule has 0 bridgehead atoms. The summed E-state index contributed by atoms with van der Waals surface area (Å²) in [6.07, 6.45) is 0. The van der Waals surface area contributed by atoms with Crippen LogP contribution in [0.5, 0.6) is 0 Å². The van der Waals surface area contributed by atoms with Gasteiger partial charge in [-0.1, -0.05) is 36.4 Å². The van der Waals surface area contributed by atoms with Gasteiger partial charge in [-0.15, -0.1) is 0 Å². The maximum atomic E-state index is 11.0. The van der Waals surface area contributed by atoms with E-state index in [1.807, 2.05) is 0 Å². The number of nitrogens with two attached hydrogens (primary N) is 1. The molecule has 1 amide bonds. The lowest BCUT2D eigenvalue weighted by Gasteiger charge is -2.37. The van der Waals surface area contributed by atoms with Crippen LogP contribution in [0.4, 0.5) is 0 Å². The fourth-order valence-corrected chi connectivity index (χ4v) is 3.21. The molecule has 3 rings (SSSR count). The molecule has 0 saturated carbocycles. The zero-order chi connectivity index (χ0) is 15.5. The normalized spacial score (nSPS) is 18.4. The van der Waals surface area contributed by atoms with Crippen molar-refractivity contribution in [2.45, 2.75) is 13.0 Å². The lowest BCUT2D eigenvalue weighted by atomic mass is 10.0. The van der Waals surface area contributed by atoms with E-state index in [4.69, 9.17) is 5.73 Å². The molecule has 1 heterocycles. The molecule has 2 aromatic rings. The van der Waals surface area contributed by atoms with Crippen LogP contribution in [0.1, 0.15) is 18.5 Å². The van der Waals surface area contributed by atoms with Gasteiger partial charge in [0.25, 0.3) is 0 Å². The van der Waals surface area contributed by atoms with Crippen LogP contribution in [0, 0.1) is 0 Å². The van der Waals surface area contributed by atoms with E-state index in [-0.39, 0.29) is 5.91 Å². The van der Waals surface area contributed by atoms with E-state index in [2.05, 4.69) is 59.2 Å². The third-order valence-corrected chi connectivity index (χ3v) is 4.59. The number of amides is 1. The average molecular weight is 297 g/mol. The molecule has 1 saturated heterocycles. The molecule has 0 radical (unpaired) electrons. The molecule has 2 aromatic carbocycles. The van der Waals surface area contributed by atoms with E-state index < -0.39 is 0 Å². The van der Waals surface area contributed by atoms with E-state index >= 15 is 0 Å². The number of piperazine rings is 1. The molecule has 1 fully saturated rings. The van der Waals surface area contributed by atoms with Gasteiger partial charge in [-0.05, 0) is 29.3 Å². The first-order valence-corrected chi connectivity index (χ1v) is 7.87. The number of hydrogen-bond acceptors (Lipinski definition) is 3. The molecule has 0 aromatic heterocycles. The number of carbonyl (C=O) groups excluding carboxylic acids is 1. The number of primary amides is 1. The fraction of sp³-hybridized carbons (Fsp3) is 0.389. The van der Waals surface area contributed by atoms with Crippen molar-refractivity contribution < 1.29 is 4.79 Å². The standard InChI is InChI=1S/C18H23N3O/c1-14(21-10-8-20(9-11-21)13-18(19)22)16-7-6-15-4-2-3-5-17(15)12-16/h2-7,12,14H,8-11,13H2,1H3,(H2,19,22)/t14-/m1/s1. The molecule has 0 aliphatic carbocycles. The Labute approximate surface area is 131 Å². The summed E-state index contributed by atoms with van der Waals surface area (Å²) in [5.74, 6) is -0.240. The Morgan fingerprint density at radius 3 is 2.45 bits per heavy atom. The quantitative estimate of drug-likeness (QED) is 0.939. The van der Waals surface area contributed by atoms with E-state index in [1.54, 1.807) is 0 Å². The number of nitrogens with zero attached hydrogens (tertiary/aromatic N) is 2. The topological polar surface area (TPSA) is 49.6 Å². The molecule has 22 heavy (non-hydrogen) atoms. The van der Waals surface area contributed by atoms with E-state index in [1.165, 1.54) is 16.3 Å². The van der Waals surface area contributed by atoms with Crippen molar-refractivity contribution in [2.75, 3.05) is 32.7 Å². The Balaban J connectivity index is 1.68. The van der Waals surface area contributed by atoms with Crippen molar-refractivity contribution >= 4 is 16.7 Å². The van der Waals surface area contributed by atoms with E-state index in [0.29, 0.717) is 12.6 Å². The molecule has 4 heteroatoms. The summed E-state index contributed by atoms with van der Waals surface area (Å²) in [5.41, 5.74) is 6.62. The van der Waals surface area contributed by atoms with Crippen LogP contribution in [-0.2, 0) is 4.79 Å². The van der Waals surface area contributed by atoms with Gasteiger partial charge < -0.3 is 5.73 Å². The highest BCUT2D eigenvalue weighted by molar-refractivity contribution is 5.83. The molecular weight excluding hydrogens is 274 g/mol. The second-order valence-electron chi connectivity index (χ2n) is 6.06. The van der Waals surface area contributed by atoms with Gasteiger partial charge in [-0.2, -0.15) is 0 Å². The number of hydrogen-bond donors (Lipinski definition) is 1. The lowest BCUT2D eigenvalue weighted by molar-refractivity contribution is -0.119. The van der Waals surface area contributed by atoms with Crippen molar-refractivity contribution in [3.05, 3.63) is 48.0 Å². The Morgan fingerprint density at radius 2 is 1.77 bits per heavy atom. The molecule has 0 unspecified atom stereocenters. The third kappa shape index (κ3) is 3.29. The van der Waals surface area contributed by atoms with Gasteiger partial charge in [0.15, 0.2) is 0 Å². The smallest absolute Gasteiger partial charge is 0.231 e. The monoisotopic (exact) mass is 297 g/mol. The predicted octanol–water partition coefficient (Wildman–Crippen LogP) is 2.00. The highest BCUT2D eigenvalue weighted by atomic mass is 16.1. The van der Waals surface area contributed by atoms with Crippen LogP contribution in [0.2, 0.25) is 0 Å². The van der Waals surface area contributed by atoms with Gasteiger partial charge in [0.05, 0.1) is 6.54 Å². The summed E-state index contributed by atoms with van der Waals surface area (Å²) < 4.78 is 0. The SMILES string of the molecule is C[C@H](c1ccc2ccccc2c1)N1CCN(CC(N)=O)CC1.